The molecule has 0 unspecified atom stereocenters. The zero-order valence-corrected chi connectivity index (χ0v) is 14.1. The second kappa shape index (κ2) is 6.00. The van der Waals surface area contributed by atoms with Crippen molar-refractivity contribution < 1.29 is 12.8 Å². The maximum absolute atomic E-state index is 13.3. The van der Waals surface area contributed by atoms with Crippen molar-refractivity contribution in [3.8, 4) is 0 Å². The molecule has 0 aromatic heterocycles. The summed E-state index contributed by atoms with van der Waals surface area (Å²) in [6.45, 7) is 0. The lowest BCUT2D eigenvalue weighted by Gasteiger charge is -2.13. The van der Waals surface area contributed by atoms with Gasteiger partial charge < -0.3 is 5.73 Å². The van der Waals surface area contributed by atoms with Crippen LogP contribution in [0.5, 0.6) is 0 Å². The van der Waals surface area contributed by atoms with Crippen molar-refractivity contribution in [2.45, 2.75) is 4.90 Å². The van der Waals surface area contributed by atoms with Gasteiger partial charge in [0.15, 0.2) is 0 Å². The maximum atomic E-state index is 13.3. The molecule has 112 valence electrons. The van der Waals surface area contributed by atoms with Gasteiger partial charge in [0.25, 0.3) is 10.0 Å². The molecule has 0 fully saturated rings. The van der Waals surface area contributed by atoms with Crippen molar-refractivity contribution in [2.75, 3.05) is 10.5 Å². The van der Waals surface area contributed by atoms with E-state index in [9.17, 15) is 12.8 Å². The van der Waals surface area contributed by atoms with Gasteiger partial charge in [0.05, 0.1) is 25.9 Å². The number of nitrogens with two attached hydrogens (primary N) is 1. The highest BCUT2D eigenvalue weighted by molar-refractivity contribution is 9.10. The largest absolute Gasteiger partial charge is 0.398 e. The van der Waals surface area contributed by atoms with E-state index < -0.39 is 15.8 Å². The van der Waals surface area contributed by atoms with Crippen LogP contribution >= 0.6 is 39.1 Å². The molecule has 4 nitrogen and oxygen atoms in total. The van der Waals surface area contributed by atoms with Crippen molar-refractivity contribution >= 4 is 60.5 Å². The summed E-state index contributed by atoms with van der Waals surface area (Å²) in [5, 5.41) is 0.261. The van der Waals surface area contributed by atoms with Gasteiger partial charge in [-0.05, 0) is 40.2 Å². The molecule has 3 N–H and O–H groups in total. The van der Waals surface area contributed by atoms with Crippen LogP contribution in [0.25, 0.3) is 0 Å². The summed E-state index contributed by atoms with van der Waals surface area (Å²) in [7, 11) is -4.07. The monoisotopic (exact) mass is 412 g/mol. The van der Waals surface area contributed by atoms with Crippen LogP contribution in [-0.4, -0.2) is 8.42 Å². The van der Waals surface area contributed by atoms with Gasteiger partial charge in [-0.3, -0.25) is 4.72 Å². The summed E-state index contributed by atoms with van der Waals surface area (Å²) < 4.78 is 40.2. The number of nitrogens with one attached hydrogen (secondary N) is 1. The summed E-state index contributed by atoms with van der Waals surface area (Å²) in [4.78, 5) is -0.285. The second-order valence-electron chi connectivity index (χ2n) is 4.01. The number of hydrogen-bond donors (Lipinski definition) is 2. The van der Waals surface area contributed by atoms with E-state index in [1.165, 1.54) is 12.1 Å². The second-order valence-corrected chi connectivity index (χ2v) is 7.33. The lowest BCUT2D eigenvalue weighted by atomic mass is 10.3. The van der Waals surface area contributed by atoms with Gasteiger partial charge in [0.1, 0.15) is 10.7 Å². The molecule has 0 aliphatic heterocycles. The van der Waals surface area contributed by atoms with Crippen LogP contribution in [0.3, 0.4) is 0 Å². The van der Waals surface area contributed by atoms with Crippen molar-refractivity contribution in [3.63, 3.8) is 0 Å². The van der Waals surface area contributed by atoms with Gasteiger partial charge >= 0.3 is 0 Å². The Morgan fingerprint density at radius 2 is 1.76 bits per heavy atom. The maximum Gasteiger partial charge on any atom is 0.264 e. The molecule has 0 bridgehead atoms. The third kappa shape index (κ3) is 3.42. The molecule has 0 atom stereocenters. The van der Waals surface area contributed by atoms with Crippen LogP contribution in [0.4, 0.5) is 15.8 Å². The fraction of sp³-hybridized carbons (Fsp3) is 0. The Morgan fingerprint density at radius 3 is 2.33 bits per heavy atom. The number of benzene rings is 2. The van der Waals surface area contributed by atoms with E-state index in [2.05, 4.69) is 20.7 Å². The molecule has 2 aromatic carbocycles. The van der Waals surface area contributed by atoms with Crippen LogP contribution in [0.1, 0.15) is 0 Å². The molecule has 0 radical (unpaired) electrons. The van der Waals surface area contributed by atoms with Crippen molar-refractivity contribution in [3.05, 3.63) is 50.7 Å². The predicted molar refractivity (Wildman–Crippen MR) is 85.8 cm³/mol. The highest BCUT2D eigenvalue weighted by Gasteiger charge is 2.22. The van der Waals surface area contributed by atoms with E-state index in [1.807, 2.05) is 0 Å². The fourth-order valence-corrected chi connectivity index (χ4v) is 3.90. The average Bonchev–Trinajstić information content (AvgIpc) is 2.38. The van der Waals surface area contributed by atoms with E-state index >= 15 is 0 Å². The number of sulfonamides is 1. The Kier molecular flexibility index (Phi) is 4.67. The van der Waals surface area contributed by atoms with E-state index in [0.29, 0.717) is 0 Å². The summed E-state index contributed by atoms with van der Waals surface area (Å²) in [5.74, 6) is -0.665. The van der Waals surface area contributed by atoms with Gasteiger partial charge in [-0.25, -0.2) is 12.8 Å². The minimum Gasteiger partial charge on any atom is -0.398 e. The van der Waals surface area contributed by atoms with Gasteiger partial charge in [0, 0.05) is 0 Å². The van der Waals surface area contributed by atoms with Gasteiger partial charge in [-0.15, -0.1) is 0 Å². The normalized spacial score (nSPS) is 11.4. The number of nitrogen functional groups attached to an aromatic ring is 1. The lowest BCUT2D eigenvalue weighted by molar-refractivity contribution is 0.599. The summed E-state index contributed by atoms with van der Waals surface area (Å²) in [6, 6.07) is 6.51. The lowest BCUT2D eigenvalue weighted by Crippen LogP contribution is -2.15. The smallest absolute Gasteiger partial charge is 0.264 e. The molecule has 9 heteroatoms. The van der Waals surface area contributed by atoms with Crippen LogP contribution in [0.2, 0.25) is 10.0 Å². The first-order valence-corrected chi connectivity index (χ1v) is 8.47. The van der Waals surface area contributed by atoms with E-state index in [1.54, 1.807) is 6.07 Å². The summed E-state index contributed by atoms with van der Waals surface area (Å²) in [5.41, 5.74) is 5.36. The van der Waals surface area contributed by atoms with Gasteiger partial charge in [0.2, 0.25) is 0 Å². The van der Waals surface area contributed by atoms with Crippen LogP contribution < -0.4 is 10.5 Å². The first-order chi connectivity index (χ1) is 9.72. The average molecular weight is 414 g/mol. The number of para-hydroxylation sites is 1. The van der Waals surface area contributed by atoms with Crippen molar-refractivity contribution in [1.29, 1.82) is 0 Å². The first kappa shape index (κ1) is 16.4. The van der Waals surface area contributed by atoms with Gasteiger partial charge in [-0.1, -0.05) is 29.3 Å². The van der Waals surface area contributed by atoms with Crippen molar-refractivity contribution in [2.24, 2.45) is 0 Å². The minimum absolute atomic E-state index is 0.0256. The first-order valence-electron chi connectivity index (χ1n) is 5.43. The molecular formula is C12H8BrCl2FN2O2S. The molecule has 0 heterocycles. The summed E-state index contributed by atoms with van der Waals surface area (Å²) >= 11 is 14.7. The van der Waals surface area contributed by atoms with E-state index in [-0.39, 0.29) is 30.8 Å². The Bertz CT molecular complexity index is 795. The Balaban J connectivity index is 2.51. The van der Waals surface area contributed by atoms with Gasteiger partial charge in [-0.2, -0.15) is 0 Å². The molecule has 2 aromatic rings. The minimum atomic E-state index is -4.07. The number of anilines is 2. The quantitative estimate of drug-likeness (QED) is 0.737. The molecule has 0 aliphatic rings. The number of rotatable bonds is 3. The van der Waals surface area contributed by atoms with Crippen LogP contribution in [0.15, 0.2) is 39.7 Å². The SMILES string of the molecule is Nc1cc(F)c(Br)cc1S(=O)(=O)Nc1c(Cl)cccc1Cl. The highest BCUT2D eigenvalue weighted by Crippen LogP contribution is 2.33. The topological polar surface area (TPSA) is 72.2 Å². The molecule has 0 saturated carbocycles. The third-order valence-corrected chi connectivity index (χ3v) is 5.18. The zero-order chi connectivity index (χ0) is 15.8. The number of halogens is 4. The molecule has 0 spiro atoms. The van der Waals surface area contributed by atoms with Crippen molar-refractivity contribution in [1.82, 2.24) is 0 Å². The predicted octanol–water partition coefficient (Wildman–Crippen LogP) is 4.28. The highest BCUT2D eigenvalue weighted by atomic mass is 79.9. The molecule has 21 heavy (non-hydrogen) atoms. The zero-order valence-electron chi connectivity index (χ0n) is 10.2. The molecule has 0 amide bonds. The van der Waals surface area contributed by atoms with Crippen LogP contribution in [-0.2, 0) is 10.0 Å². The van der Waals surface area contributed by atoms with E-state index in [4.69, 9.17) is 28.9 Å². The molecule has 0 aliphatic carbocycles. The standard InChI is InChI=1S/C12H8BrCl2FN2O2S/c13-6-4-11(10(17)5-9(6)16)21(19,20)18-12-7(14)2-1-3-8(12)15/h1-5,18H,17H2. The fourth-order valence-electron chi connectivity index (χ4n) is 1.56. The Labute approximate surface area is 139 Å². The summed E-state index contributed by atoms with van der Waals surface area (Å²) in [6.07, 6.45) is 0. The van der Waals surface area contributed by atoms with E-state index in [0.717, 1.165) is 12.1 Å². The Morgan fingerprint density at radius 1 is 1.19 bits per heavy atom. The molecule has 2 rings (SSSR count). The molecular weight excluding hydrogens is 406 g/mol. The number of hydrogen-bond acceptors (Lipinski definition) is 3. The van der Waals surface area contributed by atoms with Crippen LogP contribution in [0, 0.1) is 5.82 Å². The third-order valence-electron chi connectivity index (χ3n) is 2.54. The molecule has 0 saturated heterocycles. The Hall–Kier alpha value is -1.02.